The first kappa shape index (κ1) is 17.3. The Morgan fingerprint density at radius 1 is 1.50 bits per heavy atom. The zero-order valence-corrected chi connectivity index (χ0v) is 14.3. The largest absolute Gasteiger partial charge is 0.384 e. The lowest BCUT2D eigenvalue weighted by atomic mass is 10.0. The lowest BCUT2D eigenvalue weighted by Gasteiger charge is -2.31. The molecule has 0 unspecified atom stereocenters. The first-order valence-electron chi connectivity index (χ1n) is 7.86. The van der Waals surface area contributed by atoms with E-state index in [1.807, 2.05) is 0 Å². The van der Waals surface area contributed by atoms with Gasteiger partial charge in [-0.15, -0.1) is 0 Å². The summed E-state index contributed by atoms with van der Waals surface area (Å²) in [6, 6.07) is 4.21. The Bertz CT molecular complexity index is 806. The van der Waals surface area contributed by atoms with Crippen LogP contribution in [-0.4, -0.2) is 49.5 Å². The van der Waals surface area contributed by atoms with Gasteiger partial charge in [0.25, 0.3) is 10.2 Å². The number of nitrogens with one attached hydrogen (secondary N) is 2. The Morgan fingerprint density at radius 2 is 2.33 bits per heavy atom. The van der Waals surface area contributed by atoms with Gasteiger partial charge in [-0.25, -0.2) is 9.37 Å². The van der Waals surface area contributed by atoms with Gasteiger partial charge in [0.2, 0.25) is 0 Å². The van der Waals surface area contributed by atoms with Crippen LogP contribution in [0.3, 0.4) is 0 Å². The molecule has 1 saturated heterocycles. The van der Waals surface area contributed by atoms with Crippen molar-refractivity contribution in [2.75, 3.05) is 26.8 Å². The van der Waals surface area contributed by atoms with Crippen molar-refractivity contribution in [3.8, 4) is 0 Å². The van der Waals surface area contributed by atoms with Crippen molar-refractivity contribution in [1.29, 1.82) is 0 Å². The molecule has 0 aliphatic carbocycles. The van der Waals surface area contributed by atoms with Crippen molar-refractivity contribution in [3.63, 3.8) is 0 Å². The lowest BCUT2D eigenvalue weighted by Crippen LogP contribution is -2.46. The molecule has 2 N–H and O–H groups in total. The molecule has 1 aliphatic heterocycles. The number of halogens is 1. The number of hydrogen-bond acceptors (Lipinski definition) is 4. The van der Waals surface area contributed by atoms with Crippen LogP contribution in [0, 0.1) is 11.7 Å². The summed E-state index contributed by atoms with van der Waals surface area (Å²) >= 11 is 0. The minimum absolute atomic E-state index is 0.0318. The fourth-order valence-electron chi connectivity index (χ4n) is 2.99. The highest BCUT2D eigenvalue weighted by Gasteiger charge is 2.28. The van der Waals surface area contributed by atoms with E-state index < -0.39 is 10.2 Å². The first-order chi connectivity index (χ1) is 11.5. The molecule has 2 heterocycles. The van der Waals surface area contributed by atoms with E-state index in [-0.39, 0.29) is 18.3 Å². The zero-order valence-electron chi connectivity index (χ0n) is 13.5. The molecule has 132 valence electrons. The van der Waals surface area contributed by atoms with Crippen LogP contribution in [0.15, 0.2) is 18.2 Å². The minimum atomic E-state index is -3.58. The quantitative estimate of drug-likeness (QED) is 0.819. The Morgan fingerprint density at radius 3 is 3.12 bits per heavy atom. The molecule has 0 amide bonds. The maximum absolute atomic E-state index is 13.2. The number of rotatable bonds is 6. The summed E-state index contributed by atoms with van der Waals surface area (Å²) in [6.45, 7) is 1.54. The van der Waals surface area contributed by atoms with Crippen molar-refractivity contribution in [2.45, 2.75) is 19.4 Å². The summed E-state index contributed by atoms with van der Waals surface area (Å²) < 4.78 is 47.2. The molecule has 1 fully saturated rings. The van der Waals surface area contributed by atoms with E-state index in [0.29, 0.717) is 36.6 Å². The fourth-order valence-corrected chi connectivity index (χ4v) is 4.26. The highest BCUT2D eigenvalue weighted by Crippen LogP contribution is 2.19. The second kappa shape index (κ2) is 7.14. The van der Waals surface area contributed by atoms with Crippen LogP contribution in [0.25, 0.3) is 11.0 Å². The maximum Gasteiger partial charge on any atom is 0.279 e. The van der Waals surface area contributed by atoms with Gasteiger partial charge in [-0.1, -0.05) is 0 Å². The average molecular weight is 356 g/mol. The van der Waals surface area contributed by atoms with Crippen molar-refractivity contribution in [2.24, 2.45) is 5.92 Å². The standard InChI is InChI=1S/C15H21FN4O3S/c1-23-10-11-3-2-6-20(9-11)24(21,22)17-8-15-18-13-5-4-12(16)7-14(13)19-15/h4-5,7,11,17H,2-3,6,8-10H2,1H3,(H,18,19)/t11-/m1/s1. The molecule has 1 atom stereocenters. The Labute approximate surface area is 140 Å². The van der Waals surface area contributed by atoms with Crippen LogP contribution in [0.1, 0.15) is 18.7 Å². The maximum atomic E-state index is 13.2. The van der Waals surface area contributed by atoms with Gasteiger partial charge < -0.3 is 9.72 Å². The Balaban J connectivity index is 1.65. The Hall–Kier alpha value is -1.55. The van der Waals surface area contributed by atoms with Crippen molar-refractivity contribution >= 4 is 21.2 Å². The topological polar surface area (TPSA) is 87.3 Å². The second-order valence-corrected chi connectivity index (χ2v) is 7.75. The summed E-state index contributed by atoms with van der Waals surface area (Å²) in [5, 5.41) is 0. The molecule has 0 bridgehead atoms. The van der Waals surface area contributed by atoms with E-state index in [0.717, 1.165) is 12.8 Å². The normalized spacial score (nSPS) is 19.8. The number of nitrogens with zero attached hydrogens (tertiary/aromatic N) is 2. The van der Waals surface area contributed by atoms with Crippen molar-refractivity contribution in [1.82, 2.24) is 19.0 Å². The molecule has 1 aliphatic rings. The summed E-state index contributed by atoms with van der Waals surface area (Å²) in [5.41, 5.74) is 1.14. The average Bonchev–Trinajstić information content (AvgIpc) is 2.96. The monoisotopic (exact) mass is 356 g/mol. The predicted molar refractivity (Wildman–Crippen MR) is 88.0 cm³/mol. The fraction of sp³-hybridized carbons (Fsp3) is 0.533. The third kappa shape index (κ3) is 3.92. The van der Waals surface area contributed by atoms with Gasteiger partial charge >= 0.3 is 0 Å². The highest BCUT2D eigenvalue weighted by atomic mass is 32.2. The van der Waals surface area contributed by atoms with E-state index in [4.69, 9.17) is 4.74 Å². The molecular formula is C15H21FN4O3S. The molecule has 2 aromatic rings. The minimum Gasteiger partial charge on any atom is -0.384 e. The van der Waals surface area contributed by atoms with Crippen LogP contribution in [-0.2, 0) is 21.5 Å². The molecule has 0 radical (unpaired) electrons. The van der Waals surface area contributed by atoms with Gasteiger partial charge in [0, 0.05) is 20.2 Å². The summed E-state index contributed by atoms with van der Waals surface area (Å²) in [6.07, 6.45) is 1.79. The third-order valence-corrected chi connectivity index (χ3v) is 5.66. The van der Waals surface area contributed by atoms with E-state index in [9.17, 15) is 12.8 Å². The number of piperidine rings is 1. The van der Waals surface area contributed by atoms with E-state index in [1.165, 1.54) is 16.4 Å². The number of aromatic nitrogens is 2. The number of H-pyrrole nitrogens is 1. The van der Waals surface area contributed by atoms with Gasteiger partial charge in [-0.2, -0.15) is 17.4 Å². The molecule has 1 aromatic carbocycles. The van der Waals surface area contributed by atoms with Crippen LogP contribution >= 0.6 is 0 Å². The molecule has 24 heavy (non-hydrogen) atoms. The number of methoxy groups -OCH3 is 1. The van der Waals surface area contributed by atoms with Crippen LogP contribution in [0.2, 0.25) is 0 Å². The zero-order chi connectivity index (χ0) is 17.2. The number of fused-ring (bicyclic) bond motifs is 1. The molecule has 0 spiro atoms. The molecule has 7 nitrogen and oxygen atoms in total. The molecule has 0 saturated carbocycles. The van der Waals surface area contributed by atoms with Gasteiger partial charge in [0.05, 0.1) is 24.2 Å². The molecular weight excluding hydrogens is 335 g/mol. The number of hydrogen-bond donors (Lipinski definition) is 2. The number of imidazole rings is 1. The van der Waals surface area contributed by atoms with Crippen LogP contribution in [0.5, 0.6) is 0 Å². The van der Waals surface area contributed by atoms with Gasteiger partial charge in [-0.3, -0.25) is 0 Å². The number of ether oxygens (including phenoxy) is 1. The van der Waals surface area contributed by atoms with E-state index in [1.54, 1.807) is 13.2 Å². The third-order valence-electron chi connectivity index (χ3n) is 4.14. The highest BCUT2D eigenvalue weighted by molar-refractivity contribution is 7.87. The molecule has 3 rings (SSSR count). The number of benzene rings is 1. The van der Waals surface area contributed by atoms with E-state index >= 15 is 0 Å². The van der Waals surface area contributed by atoms with Crippen molar-refractivity contribution < 1.29 is 17.5 Å². The van der Waals surface area contributed by atoms with E-state index in [2.05, 4.69) is 14.7 Å². The number of aromatic amines is 1. The first-order valence-corrected chi connectivity index (χ1v) is 9.30. The summed E-state index contributed by atoms with van der Waals surface area (Å²) in [5.74, 6) is 0.301. The molecule has 1 aromatic heterocycles. The Kier molecular flexibility index (Phi) is 5.14. The second-order valence-electron chi connectivity index (χ2n) is 5.99. The SMILES string of the molecule is COC[C@@H]1CCCN(S(=O)(=O)NCc2nc3ccc(F)cc3[nH]2)C1. The predicted octanol–water partition coefficient (Wildman–Crippen LogP) is 1.39. The van der Waals surface area contributed by atoms with Gasteiger partial charge in [0.15, 0.2) is 0 Å². The summed E-state index contributed by atoms with van der Waals surface area (Å²) in [7, 11) is -1.96. The van der Waals surface area contributed by atoms with Crippen LogP contribution < -0.4 is 4.72 Å². The van der Waals surface area contributed by atoms with Crippen molar-refractivity contribution in [3.05, 3.63) is 29.8 Å². The molecule has 9 heteroatoms. The summed E-state index contributed by atoms with van der Waals surface area (Å²) in [4.78, 5) is 7.18. The van der Waals surface area contributed by atoms with Crippen LogP contribution in [0.4, 0.5) is 4.39 Å². The van der Waals surface area contributed by atoms with Gasteiger partial charge in [-0.05, 0) is 37.0 Å². The smallest absolute Gasteiger partial charge is 0.279 e. The lowest BCUT2D eigenvalue weighted by molar-refractivity contribution is 0.118. The van der Waals surface area contributed by atoms with Gasteiger partial charge in [0.1, 0.15) is 11.6 Å².